The SMILES string of the molecule is Cc1cc(Nc2ccc(O)cc2)c(NCCO)cc1O. The molecule has 2 rings (SSSR count). The van der Waals surface area contributed by atoms with Crippen LogP contribution in [0.5, 0.6) is 11.5 Å². The Bertz CT molecular complexity index is 582. The van der Waals surface area contributed by atoms with Crippen LogP contribution in [0, 0.1) is 6.92 Å². The van der Waals surface area contributed by atoms with E-state index in [-0.39, 0.29) is 18.1 Å². The summed E-state index contributed by atoms with van der Waals surface area (Å²) in [6, 6.07) is 10.1. The second-order valence-corrected chi connectivity index (χ2v) is 4.51. The van der Waals surface area contributed by atoms with Gasteiger partial charge in [-0.15, -0.1) is 0 Å². The predicted molar refractivity (Wildman–Crippen MR) is 79.8 cm³/mol. The fraction of sp³-hybridized carbons (Fsp3) is 0.200. The third-order valence-corrected chi connectivity index (χ3v) is 2.91. The van der Waals surface area contributed by atoms with Gasteiger partial charge >= 0.3 is 0 Å². The number of hydrogen-bond donors (Lipinski definition) is 5. The molecule has 20 heavy (non-hydrogen) atoms. The van der Waals surface area contributed by atoms with E-state index in [9.17, 15) is 10.2 Å². The zero-order chi connectivity index (χ0) is 14.5. The summed E-state index contributed by atoms with van der Waals surface area (Å²) < 4.78 is 0. The summed E-state index contributed by atoms with van der Waals surface area (Å²) in [6.45, 7) is 2.22. The van der Waals surface area contributed by atoms with Crippen molar-refractivity contribution in [3.8, 4) is 11.5 Å². The molecule has 106 valence electrons. The number of phenols is 2. The van der Waals surface area contributed by atoms with Gasteiger partial charge in [0.1, 0.15) is 11.5 Å². The third kappa shape index (κ3) is 3.33. The van der Waals surface area contributed by atoms with Crippen LogP contribution in [0.4, 0.5) is 17.1 Å². The molecule has 0 heterocycles. The number of aliphatic hydroxyl groups is 1. The summed E-state index contributed by atoms with van der Waals surface area (Å²) in [5, 5.41) is 34.2. The molecular formula is C15H18N2O3. The van der Waals surface area contributed by atoms with Gasteiger partial charge in [-0.1, -0.05) is 0 Å². The Kier molecular flexibility index (Phi) is 4.32. The van der Waals surface area contributed by atoms with E-state index in [0.29, 0.717) is 12.2 Å². The first-order valence-electron chi connectivity index (χ1n) is 6.34. The highest BCUT2D eigenvalue weighted by Gasteiger charge is 2.07. The molecule has 0 unspecified atom stereocenters. The van der Waals surface area contributed by atoms with Crippen molar-refractivity contribution in [3.05, 3.63) is 42.0 Å². The monoisotopic (exact) mass is 274 g/mol. The van der Waals surface area contributed by atoms with Crippen molar-refractivity contribution in [2.45, 2.75) is 6.92 Å². The number of aryl methyl sites for hydroxylation is 1. The maximum Gasteiger partial charge on any atom is 0.120 e. The standard InChI is InChI=1S/C15H18N2O3/c1-10-8-14(13(9-15(10)20)16-6-7-18)17-11-2-4-12(19)5-3-11/h2-5,8-9,16-20H,6-7H2,1H3. The third-order valence-electron chi connectivity index (χ3n) is 2.91. The normalized spacial score (nSPS) is 10.3. The fourth-order valence-electron chi connectivity index (χ4n) is 1.84. The van der Waals surface area contributed by atoms with Gasteiger partial charge in [-0.2, -0.15) is 0 Å². The Balaban J connectivity index is 2.28. The number of nitrogens with one attached hydrogen (secondary N) is 2. The van der Waals surface area contributed by atoms with E-state index in [4.69, 9.17) is 5.11 Å². The largest absolute Gasteiger partial charge is 0.508 e. The van der Waals surface area contributed by atoms with Crippen molar-refractivity contribution >= 4 is 17.1 Å². The molecule has 0 bridgehead atoms. The Morgan fingerprint density at radius 2 is 1.70 bits per heavy atom. The number of benzene rings is 2. The fourth-order valence-corrected chi connectivity index (χ4v) is 1.84. The highest BCUT2D eigenvalue weighted by atomic mass is 16.3. The summed E-state index contributed by atoms with van der Waals surface area (Å²) >= 11 is 0. The van der Waals surface area contributed by atoms with Crippen molar-refractivity contribution in [2.75, 3.05) is 23.8 Å². The lowest BCUT2D eigenvalue weighted by molar-refractivity contribution is 0.311. The first-order chi connectivity index (χ1) is 9.60. The molecule has 0 aromatic heterocycles. The average Bonchev–Trinajstić information content (AvgIpc) is 2.43. The Labute approximate surface area is 117 Å². The lowest BCUT2D eigenvalue weighted by Crippen LogP contribution is -2.07. The molecule has 5 nitrogen and oxygen atoms in total. The Hall–Kier alpha value is -2.40. The molecular weight excluding hydrogens is 256 g/mol. The van der Waals surface area contributed by atoms with Gasteiger partial charge in [0.2, 0.25) is 0 Å². The highest BCUT2D eigenvalue weighted by molar-refractivity contribution is 5.77. The molecule has 0 aliphatic heterocycles. The molecule has 5 N–H and O–H groups in total. The predicted octanol–water partition coefficient (Wildman–Crippen LogP) is 2.55. The van der Waals surface area contributed by atoms with Gasteiger partial charge in [-0.3, -0.25) is 0 Å². The molecule has 2 aromatic rings. The zero-order valence-corrected chi connectivity index (χ0v) is 11.2. The van der Waals surface area contributed by atoms with Crippen LogP contribution < -0.4 is 10.6 Å². The van der Waals surface area contributed by atoms with Crippen LogP contribution in [0.1, 0.15) is 5.56 Å². The maximum atomic E-state index is 9.76. The summed E-state index contributed by atoms with van der Waals surface area (Å²) in [4.78, 5) is 0. The smallest absolute Gasteiger partial charge is 0.120 e. The number of aliphatic hydroxyl groups excluding tert-OH is 1. The van der Waals surface area contributed by atoms with Crippen molar-refractivity contribution in [1.82, 2.24) is 0 Å². The molecule has 2 aromatic carbocycles. The first kappa shape index (κ1) is 14.0. The average molecular weight is 274 g/mol. The van der Waals surface area contributed by atoms with E-state index in [0.717, 1.165) is 16.9 Å². The summed E-state index contributed by atoms with van der Waals surface area (Å²) in [7, 11) is 0. The minimum absolute atomic E-state index is 0.00723. The molecule has 0 spiro atoms. The van der Waals surface area contributed by atoms with Crippen molar-refractivity contribution in [1.29, 1.82) is 0 Å². The van der Waals surface area contributed by atoms with Crippen molar-refractivity contribution in [3.63, 3.8) is 0 Å². The molecule has 5 heteroatoms. The van der Waals surface area contributed by atoms with Gasteiger partial charge < -0.3 is 26.0 Å². The summed E-state index contributed by atoms with van der Waals surface area (Å²) in [5.41, 5.74) is 3.07. The van der Waals surface area contributed by atoms with Gasteiger partial charge in [0.05, 0.1) is 18.0 Å². The minimum atomic E-state index is 0.00723. The molecule has 0 saturated heterocycles. The Morgan fingerprint density at radius 1 is 1.00 bits per heavy atom. The number of rotatable bonds is 5. The number of phenolic OH excluding ortho intramolecular Hbond substituents is 2. The topological polar surface area (TPSA) is 84.8 Å². The van der Waals surface area contributed by atoms with Gasteiger partial charge in [0.25, 0.3) is 0 Å². The summed E-state index contributed by atoms with van der Waals surface area (Å²) in [6.07, 6.45) is 0. The van der Waals surface area contributed by atoms with Crippen molar-refractivity contribution < 1.29 is 15.3 Å². The second kappa shape index (κ2) is 6.16. The molecule has 0 atom stereocenters. The number of anilines is 3. The molecule has 0 aliphatic carbocycles. The first-order valence-corrected chi connectivity index (χ1v) is 6.34. The van der Waals surface area contributed by atoms with Crippen molar-refractivity contribution in [2.24, 2.45) is 0 Å². The minimum Gasteiger partial charge on any atom is -0.508 e. The Morgan fingerprint density at radius 3 is 2.35 bits per heavy atom. The van der Waals surface area contributed by atoms with Gasteiger partial charge in [-0.25, -0.2) is 0 Å². The van der Waals surface area contributed by atoms with Crippen LogP contribution in [0.3, 0.4) is 0 Å². The molecule has 0 fully saturated rings. The number of hydrogen-bond acceptors (Lipinski definition) is 5. The van der Waals surface area contributed by atoms with Crippen LogP contribution in [0.15, 0.2) is 36.4 Å². The highest BCUT2D eigenvalue weighted by Crippen LogP contribution is 2.32. The van der Waals surface area contributed by atoms with E-state index in [1.54, 1.807) is 30.3 Å². The van der Waals surface area contributed by atoms with Gasteiger partial charge in [0.15, 0.2) is 0 Å². The molecule has 0 amide bonds. The van der Waals surface area contributed by atoms with Crippen LogP contribution in [0.2, 0.25) is 0 Å². The molecule has 0 saturated carbocycles. The van der Waals surface area contributed by atoms with Crippen LogP contribution in [0.25, 0.3) is 0 Å². The van der Waals surface area contributed by atoms with Gasteiger partial charge in [-0.05, 0) is 42.8 Å². The van der Waals surface area contributed by atoms with Crippen LogP contribution in [-0.4, -0.2) is 28.5 Å². The van der Waals surface area contributed by atoms with E-state index in [1.165, 1.54) is 0 Å². The maximum absolute atomic E-state index is 9.76. The molecule has 0 aliphatic rings. The number of aromatic hydroxyl groups is 2. The lowest BCUT2D eigenvalue weighted by Gasteiger charge is -2.15. The zero-order valence-electron chi connectivity index (χ0n) is 11.2. The van der Waals surface area contributed by atoms with Gasteiger partial charge in [0, 0.05) is 18.3 Å². The van der Waals surface area contributed by atoms with E-state index < -0.39 is 0 Å². The van der Waals surface area contributed by atoms with E-state index in [2.05, 4.69) is 10.6 Å². The van der Waals surface area contributed by atoms with Crippen LogP contribution in [-0.2, 0) is 0 Å². The second-order valence-electron chi connectivity index (χ2n) is 4.51. The summed E-state index contributed by atoms with van der Waals surface area (Å²) in [5.74, 6) is 0.401. The van der Waals surface area contributed by atoms with E-state index >= 15 is 0 Å². The molecule has 0 radical (unpaired) electrons. The quantitative estimate of drug-likeness (QED) is 0.541. The van der Waals surface area contributed by atoms with E-state index in [1.807, 2.05) is 13.0 Å². The lowest BCUT2D eigenvalue weighted by atomic mass is 10.1. The van der Waals surface area contributed by atoms with Crippen LogP contribution >= 0.6 is 0 Å².